The lowest BCUT2D eigenvalue weighted by Crippen LogP contribution is -2.45. The lowest BCUT2D eigenvalue weighted by Gasteiger charge is -2.28. The molecule has 23 heavy (non-hydrogen) atoms. The fraction of sp³-hybridized carbons (Fsp3) is 0.875. The number of carbonyl (C=O) groups is 1. The molecule has 2 fully saturated rings. The maximum atomic E-state index is 11.2. The number of hydrogen-bond acceptors (Lipinski definition) is 4. The number of nitrogens with one attached hydrogen (secondary N) is 2. The summed E-state index contributed by atoms with van der Waals surface area (Å²) in [5.74, 6) is 1.40. The average Bonchev–Trinajstić information content (AvgIpc) is 2.59. The second-order valence-corrected chi connectivity index (χ2v) is 6.45. The van der Waals surface area contributed by atoms with Gasteiger partial charge in [0, 0.05) is 45.7 Å². The van der Waals surface area contributed by atoms with Crippen LogP contribution in [0.4, 0.5) is 0 Å². The van der Waals surface area contributed by atoms with Crippen molar-refractivity contribution in [1.29, 1.82) is 0 Å². The van der Waals surface area contributed by atoms with Crippen LogP contribution in [-0.4, -0.2) is 69.8 Å². The highest BCUT2D eigenvalue weighted by molar-refractivity contribution is 5.79. The van der Waals surface area contributed by atoms with Crippen molar-refractivity contribution in [3.63, 3.8) is 0 Å². The van der Waals surface area contributed by atoms with Gasteiger partial charge in [-0.3, -0.25) is 14.7 Å². The molecule has 1 heterocycles. The number of hydrogen-bond donors (Lipinski definition) is 3. The fourth-order valence-corrected chi connectivity index (χ4v) is 3.27. The molecule has 7 nitrogen and oxygen atoms in total. The van der Waals surface area contributed by atoms with Crippen molar-refractivity contribution in [3.8, 4) is 0 Å². The maximum absolute atomic E-state index is 11.2. The second-order valence-electron chi connectivity index (χ2n) is 6.45. The number of rotatable bonds is 6. The van der Waals surface area contributed by atoms with Crippen molar-refractivity contribution in [2.75, 3.05) is 53.0 Å². The van der Waals surface area contributed by atoms with Gasteiger partial charge in [0.05, 0.1) is 13.2 Å². The van der Waals surface area contributed by atoms with Crippen molar-refractivity contribution in [3.05, 3.63) is 0 Å². The number of nitrogens with zero attached hydrogens (tertiary/aromatic N) is 2. The molecule has 0 spiro atoms. The highest BCUT2D eigenvalue weighted by Crippen LogP contribution is 2.27. The number of amides is 1. The summed E-state index contributed by atoms with van der Waals surface area (Å²) in [5, 5.41) is 6.77. The van der Waals surface area contributed by atoms with Crippen LogP contribution < -0.4 is 16.4 Å². The Kier molecular flexibility index (Phi) is 7.61. The molecule has 2 aliphatic rings. The van der Waals surface area contributed by atoms with E-state index in [9.17, 15) is 4.79 Å². The van der Waals surface area contributed by atoms with Crippen LogP contribution >= 0.6 is 0 Å². The first-order chi connectivity index (χ1) is 11.2. The lowest BCUT2D eigenvalue weighted by molar-refractivity contribution is -0.122. The van der Waals surface area contributed by atoms with Gasteiger partial charge in [-0.05, 0) is 31.6 Å². The summed E-state index contributed by atoms with van der Waals surface area (Å²) in [7, 11) is 1.80. The standard InChI is InChI=1S/C16H31N5O2/c1-18-16(19-6-7-21-8-10-23-11-9-21)20-12-13-2-4-14(5-3-13)15(17)22/h13-14H,2-12H2,1H3,(H2,17,22)(H2,18,19,20). The first-order valence-corrected chi connectivity index (χ1v) is 8.73. The van der Waals surface area contributed by atoms with E-state index in [4.69, 9.17) is 10.5 Å². The van der Waals surface area contributed by atoms with Crippen LogP contribution in [0.1, 0.15) is 25.7 Å². The molecular formula is C16H31N5O2. The summed E-state index contributed by atoms with van der Waals surface area (Å²) < 4.78 is 5.35. The minimum atomic E-state index is -0.142. The summed E-state index contributed by atoms with van der Waals surface area (Å²) >= 11 is 0. The zero-order valence-corrected chi connectivity index (χ0v) is 14.2. The quantitative estimate of drug-likeness (QED) is 0.464. The third kappa shape index (κ3) is 6.35. The molecular weight excluding hydrogens is 294 g/mol. The minimum absolute atomic E-state index is 0.0808. The van der Waals surface area contributed by atoms with E-state index in [0.717, 1.165) is 77.6 Å². The zero-order valence-electron chi connectivity index (χ0n) is 14.2. The fourth-order valence-electron chi connectivity index (χ4n) is 3.27. The Morgan fingerprint density at radius 2 is 1.91 bits per heavy atom. The normalized spacial score (nSPS) is 26.7. The maximum Gasteiger partial charge on any atom is 0.220 e. The van der Waals surface area contributed by atoms with Crippen molar-refractivity contribution in [1.82, 2.24) is 15.5 Å². The second kappa shape index (κ2) is 9.72. The molecule has 1 saturated carbocycles. The highest BCUT2D eigenvalue weighted by atomic mass is 16.5. The summed E-state index contributed by atoms with van der Waals surface area (Å²) in [4.78, 5) is 17.9. The van der Waals surface area contributed by atoms with E-state index in [-0.39, 0.29) is 11.8 Å². The Hall–Kier alpha value is -1.34. The number of ether oxygens (including phenoxy) is 1. The Morgan fingerprint density at radius 1 is 1.22 bits per heavy atom. The van der Waals surface area contributed by atoms with E-state index in [1.807, 2.05) is 0 Å². The summed E-state index contributed by atoms with van der Waals surface area (Å²) in [6, 6.07) is 0. The lowest BCUT2D eigenvalue weighted by atomic mass is 9.82. The van der Waals surface area contributed by atoms with E-state index in [0.29, 0.717) is 5.92 Å². The molecule has 0 unspecified atom stereocenters. The molecule has 1 amide bonds. The predicted octanol–water partition coefficient (Wildman–Crippen LogP) is -0.225. The van der Waals surface area contributed by atoms with Gasteiger partial charge in [0.15, 0.2) is 5.96 Å². The van der Waals surface area contributed by atoms with Gasteiger partial charge < -0.3 is 21.1 Å². The van der Waals surface area contributed by atoms with Crippen LogP contribution in [0.2, 0.25) is 0 Å². The molecule has 0 radical (unpaired) electrons. The number of primary amides is 1. The first kappa shape index (κ1) is 18.0. The Labute approximate surface area is 139 Å². The Morgan fingerprint density at radius 3 is 2.52 bits per heavy atom. The van der Waals surface area contributed by atoms with Gasteiger partial charge >= 0.3 is 0 Å². The van der Waals surface area contributed by atoms with E-state index >= 15 is 0 Å². The number of morpholine rings is 1. The van der Waals surface area contributed by atoms with Crippen molar-refractivity contribution in [2.24, 2.45) is 22.6 Å². The molecule has 0 aromatic heterocycles. The molecule has 0 aromatic rings. The molecule has 0 aromatic carbocycles. The molecule has 4 N–H and O–H groups in total. The average molecular weight is 325 g/mol. The number of guanidine groups is 1. The number of aliphatic imine (C=N–C) groups is 1. The third-order valence-corrected chi connectivity index (χ3v) is 4.86. The summed E-state index contributed by atoms with van der Waals surface area (Å²) in [5.41, 5.74) is 5.38. The van der Waals surface area contributed by atoms with Crippen LogP contribution in [0.3, 0.4) is 0 Å². The first-order valence-electron chi connectivity index (χ1n) is 8.73. The predicted molar refractivity (Wildman–Crippen MR) is 91.3 cm³/mol. The van der Waals surface area contributed by atoms with E-state index in [1.165, 1.54) is 0 Å². The monoisotopic (exact) mass is 325 g/mol. The largest absolute Gasteiger partial charge is 0.379 e. The van der Waals surface area contributed by atoms with Crippen LogP contribution in [-0.2, 0) is 9.53 Å². The summed E-state index contributed by atoms with van der Waals surface area (Å²) in [6.45, 7) is 6.49. The van der Waals surface area contributed by atoms with Crippen LogP contribution in [0.15, 0.2) is 4.99 Å². The minimum Gasteiger partial charge on any atom is -0.379 e. The van der Waals surface area contributed by atoms with Crippen LogP contribution in [0.25, 0.3) is 0 Å². The Balaban J connectivity index is 1.58. The molecule has 1 aliphatic carbocycles. The smallest absolute Gasteiger partial charge is 0.220 e. The van der Waals surface area contributed by atoms with Gasteiger partial charge in [-0.25, -0.2) is 0 Å². The van der Waals surface area contributed by atoms with E-state index in [2.05, 4.69) is 20.5 Å². The zero-order chi connectivity index (χ0) is 16.5. The van der Waals surface area contributed by atoms with Gasteiger partial charge in [0.1, 0.15) is 0 Å². The molecule has 132 valence electrons. The van der Waals surface area contributed by atoms with Gasteiger partial charge in [0.2, 0.25) is 5.91 Å². The molecule has 0 bridgehead atoms. The molecule has 1 saturated heterocycles. The SMILES string of the molecule is CN=C(NCCN1CCOCC1)NCC1CCC(C(N)=O)CC1. The van der Waals surface area contributed by atoms with Gasteiger partial charge in [-0.2, -0.15) is 0 Å². The summed E-state index contributed by atoms with van der Waals surface area (Å²) in [6.07, 6.45) is 3.96. The van der Waals surface area contributed by atoms with Gasteiger partial charge in [-0.15, -0.1) is 0 Å². The van der Waals surface area contributed by atoms with E-state index < -0.39 is 0 Å². The van der Waals surface area contributed by atoms with Crippen molar-refractivity contribution < 1.29 is 9.53 Å². The van der Waals surface area contributed by atoms with Gasteiger partial charge in [0.25, 0.3) is 0 Å². The van der Waals surface area contributed by atoms with Crippen molar-refractivity contribution >= 4 is 11.9 Å². The molecule has 1 aliphatic heterocycles. The van der Waals surface area contributed by atoms with Crippen molar-refractivity contribution in [2.45, 2.75) is 25.7 Å². The molecule has 7 heteroatoms. The highest BCUT2D eigenvalue weighted by Gasteiger charge is 2.24. The number of carbonyl (C=O) groups excluding carboxylic acids is 1. The van der Waals surface area contributed by atoms with Crippen LogP contribution in [0.5, 0.6) is 0 Å². The molecule has 2 rings (SSSR count). The third-order valence-electron chi connectivity index (χ3n) is 4.86. The van der Waals surface area contributed by atoms with Gasteiger partial charge in [-0.1, -0.05) is 0 Å². The molecule has 0 atom stereocenters. The van der Waals surface area contributed by atoms with Crippen LogP contribution in [0, 0.1) is 11.8 Å². The topological polar surface area (TPSA) is 92.0 Å². The van der Waals surface area contributed by atoms with E-state index in [1.54, 1.807) is 7.05 Å². The number of nitrogens with two attached hydrogens (primary N) is 1. The Bertz CT molecular complexity index is 388.